The molecule has 1 amide bonds. The van der Waals surface area contributed by atoms with Crippen LogP contribution in [0.25, 0.3) is 16.4 Å². The van der Waals surface area contributed by atoms with Gasteiger partial charge in [0, 0.05) is 22.8 Å². The van der Waals surface area contributed by atoms with Crippen LogP contribution in [-0.2, 0) is 22.2 Å². The van der Waals surface area contributed by atoms with Gasteiger partial charge >= 0.3 is 6.09 Å². The molecule has 5 aromatic rings. The summed E-state index contributed by atoms with van der Waals surface area (Å²) in [4.78, 5) is 19.6. The number of amides is 1. The number of carboxylic acid groups (broad SMARTS) is 1. The summed E-state index contributed by atoms with van der Waals surface area (Å²) < 4.78 is 28.4. The zero-order chi connectivity index (χ0) is 24.6. The Morgan fingerprint density at radius 3 is 2.74 bits per heavy atom. The Morgan fingerprint density at radius 1 is 1.14 bits per heavy atom. The first kappa shape index (κ1) is 22.3. The predicted molar refractivity (Wildman–Crippen MR) is 129 cm³/mol. The largest absolute Gasteiger partial charge is 0.465 e. The minimum absolute atomic E-state index is 0.274. The monoisotopic (exact) mass is 492 g/mol. The Hall–Kier alpha value is -4.52. The molecule has 1 aromatic carbocycles. The maximum atomic E-state index is 12.9. The van der Waals surface area contributed by atoms with Gasteiger partial charge < -0.3 is 10.4 Å². The summed E-state index contributed by atoms with van der Waals surface area (Å²) in [6, 6.07) is 10.3. The number of hydrogen-bond acceptors (Lipinski definition) is 8. The highest BCUT2D eigenvalue weighted by molar-refractivity contribution is 7.89. The number of nitrogens with one attached hydrogen (secondary N) is 2. The number of aryl methyl sites for hydroxylation is 1. The zero-order valence-corrected chi connectivity index (χ0v) is 19.3. The highest BCUT2D eigenvalue weighted by Gasteiger charge is 2.20. The molecular formula is C22H20N8O4S. The molecule has 0 unspecified atom stereocenters. The average molecular weight is 493 g/mol. The molecule has 5 rings (SSSR count). The molecule has 3 N–H and O–H groups in total. The van der Waals surface area contributed by atoms with Crippen molar-refractivity contribution in [3.05, 3.63) is 72.6 Å². The molecule has 13 heteroatoms. The van der Waals surface area contributed by atoms with Crippen LogP contribution in [-0.4, -0.2) is 48.4 Å². The van der Waals surface area contributed by atoms with Gasteiger partial charge in [-0.2, -0.15) is 14.3 Å². The van der Waals surface area contributed by atoms with E-state index in [1.54, 1.807) is 53.3 Å². The van der Waals surface area contributed by atoms with Crippen molar-refractivity contribution in [1.29, 1.82) is 0 Å². The number of pyridine rings is 1. The van der Waals surface area contributed by atoms with Gasteiger partial charge in [0.1, 0.15) is 17.6 Å². The number of anilines is 3. The molecule has 0 bridgehead atoms. The van der Waals surface area contributed by atoms with Crippen LogP contribution in [0.5, 0.6) is 0 Å². The summed E-state index contributed by atoms with van der Waals surface area (Å²) in [5.74, 6) is 0.203. The minimum atomic E-state index is -3.77. The third kappa shape index (κ3) is 4.24. The van der Waals surface area contributed by atoms with Crippen molar-refractivity contribution in [1.82, 2.24) is 28.8 Å². The maximum Gasteiger partial charge on any atom is 0.409 e. The summed E-state index contributed by atoms with van der Waals surface area (Å²) in [5.41, 5.74) is 3.31. The predicted octanol–water partition coefficient (Wildman–Crippen LogP) is 3.25. The second-order valence-electron chi connectivity index (χ2n) is 7.67. The van der Waals surface area contributed by atoms with Gasteiger partial charge in [0.25, 0.3) is 10.0 Å². The van der Waals surface area contributed by atoms with Crippen molar-refractivity contribution in [3.63, 3.8) is 0 Å². The Kier molecular flexibility index (Phi) is 5.53. The third-order valence-electron chi connectivity index (χ3n) is 5.39. The van der Waals surface area contributed by atoms with Crippen LogP contribution in [0.3, 0.4) is 0 Å². The van der Waals surface area contributed by atoms with Gasteiger partial charge in [0.2, 0.25) is 0 Å². The van der Waals surface area contributed by atoms with E-state index in [4.69, 9.17) is 5.11 Å². The molecule has 0 aliphatic carbocycles. The fourth-order valence-corrected chi connectivity index (χ4v) is 5.25. The molecule has 0 fully saturated rings. The zero-order valence-electron chi connectivity index (χ0n) is 18.5. The van der Waals surface area contributed by atoms with Crippen molar-refractivity contribution in [3.8, 4) is 0 Å². The number of carbonyl (C=O) groups is 1. The number of benzene rings is 1. The molecule has 178 valence electrons. The first-order chi connectivity index (χ1) is 16.9. The van der Waals surface area contributed by atoms with E-state index in [1.165, 1.54) is 12.5 Å². The molecule has 0 aliphatic heterocycles. The Labute approximate surface area is 199 Å². The van der Waals surface area contributed by atoms with E-state index < -0.39 is 16.1 Å². The Bertz CT molecular complexity index is 1660. The van der Waals surface area contributed by atoms with Gasteiger partial charge in [-0.15, -0.1) is 0 Å². The van der Waals surface area contributed by atoms with Crippen LogP contribution in [0.1, 0.15) is 18.2 Å². The lowest BCUT2D eigenvalue weighted by atomic mass is 10.2. The van der Waals surface area contributed by atoms with Gasteiger partial charge in [0.15, 0.2) is 5.82 Å². The molecule has 0 saturated heterocycles. The van der Waals surface area contributed by atoms with E-state index in [1.807, 2.05) is 6.92 Å². The van der Waals surface area contributed by atoms with Crippen molar-refractivity contribution in [2.45, 2.75) is 19.1 Å². The van der Waals surface area contributed by atoms with E-state index in [-0.39, 0.29) is 5.75 Å². The second-order valence-corrected chi connectivity index (χ2v) is 9.47. The van der Waals surface area contributed by atoms with Crippen molar-refractivity contribution >= 4 is 49.7 Å². The van der Waals surface area contributed by atoms with Crippen LogP contribution in [0.4, 0.5) is 22.0 Å². The van der Waals surface area contributed by atoms with Crippen LogP contribution in [0, 0.1) is 0 Å². The van der Waals surface area contributed by atoms with E-state index in [9.17, 15) is 13.2 Å². The Morgan fingerprint density at radius 2 is 2.00 bits per heavy atom. The number of aromatic nitrogens is 6. The normalized spacial score (nSPS) is 11.7. The van der Waals surface area contributed by atoms with Crippen molar-refractivity contribution in [2.75, 3.05) is 10.6 Å². The molecule has 35 heavy (non-hydrogen) atoms. The maximum absolute atomic E-state index is 12.9. The second kappa shape index (κ2) is 8.68. The van der Waals surface area contributed by atoms with E-state index in [0.717, 1.165) is 9.65 Å². The fourth-order valence-electron chi connectivity index (χ4n) is 3.92. The third-order valence-corrected chi connectivity index (χ3v) is 6.87. The van der Waals surface area contributed by atoms with E-state index in [0.29, 0.717) is 45.7 Å². The van der Waals surface area contributed by atoms with Gasteiger partial charge in [-0.05, 0) is 36.8 Å². The molecule has 4 aromatic heterocycles. The molecule has 0 spiro atoms. The van der Waals surface area contributed by atoms with Crippen LogP contribution in [0.2, 0.25) is 0 Å². The average Bonchev–Trinajstić information content (AvgIpc) is 3.40. The SMILES string of the molecule is CCc1c(NC(=O)O)cn2ncnc(Nc3ccc4c(cnn4S(=O)(=O)Cc4ccccn4)c3)c12. The number of fused-ring (bicyclic) bond motifs is 2. The topological polar surface area (TPSA) is 156 Å². The van der Waals surface area contributed by atoms with E-state index in [2.05, 4.69) is 30.8 Å². The molecule has 0 saturated carbocycles. The summed E-state index contributed by atoms with van der Waals surface area (Å²) >= 11 is 0. The lowest BCUT2D eigenvalue weighted by Gasteiger charge is -2.09. The standard InChI is InChI=1S/C22H20N8O4S/c1-2-17-18(28-22(31)32)11-29-20(17)21(24-13-26-29)27-15-6-7-19-14(9-15)10-25-30(19)35(33,34)12-16-5-3-4-8-23-16/h3-11,13,28H,2,12H2,1H3,(H,31,32)(H,24,26,27). The number of nitrogens with zero attached hydrogens (tertiary/aromatic N) is 6. The summed E-state index contributed by atoms with van der Waals surface area (Å²) in [6.07, 6.45) is 5.36. The van der Waals surface area contributed by atoms with Crippen LogP contribution in [0.15, 0.2) is 61.3 Å². The first-order valence-electron chi connectivity index (χ1n) is 10.6. The lowest BCUT2D eigenvalue weighted by molar-refractivity contribution is 0.209. The van der Waals surface area contributed by atoms with Gasteiger partial charge in [0.05, 0.1) is 29.3 Å². The summed E-state index contributed by atoms with van der Waals surface area (Å²) in [5, 5.41) is 23.6. The Balaban J connectivity index is 1.48. The van der Waals surface area contributed by atoms with Crippen LogP contribution < -0.4 is 10.6 Å². The van der Waals surface area contributed by atoms with Crippen molar-refractivity contribution < 1.29 is 18.3 Å². The van der Waals surface area contributed by atoms with E-state index >= 15 is 0 Å². The lowest BCUT2D eigenvalue weighted by Crippen LogP contribution is -2.16. The molecule has 0 aliphatic rings. The van der Waals surface area contributed by atoms with Crippen molar-refractivity contribution in [2.24, 2.45) is 0 Å². The van der Waals surface area contributed by atoms with Gasteiger partial charge in [-0.25, -0.2) is 22.7 Å². The quantitative estimate of drug-likeness (QED) is 0.310. The first-order valence-corrected chi connectivity index (χ1v) is 12.2. The fraction of sp³-hybridized carbons (Fsp3) is 0.136. The van der Waals surface area contributed by atoms with Gasteiger partial charge in [-0.1, -0.05) is 13.0 Å². The number of hydrogen-bond donors (Lipinski definition) is 3. The molecular weight excluding hydrogens is 472 g/mol. The highest BCUT2D eigenvalue weighted by Crippen LogP contribution is 2.30. The summed E-state index contributed by atoms with van der Waals surface area (Å²) in [7, 11) is -3.77. The summed E-state index contributed by atoms with van der Waals surface area (Å²) in [6.45, 7) is 1.91. The highest BCUT2D eigenvalue weighted by atomic mass is 32.2. The van der Waals surface area contributed by atoms with Crippen LogP contribution >= 0.6 is 0 Å². The number of rotatable bonds is 7. The molecule has 4 heterocycles. The molecule has 0 atom stereocenters. The minimum Gasteiger partial charge on any atom is -0.465 e. The molecule has 12 nitrogen and oxygen atoms in total. The molecule has 0 radical (unpaired) electrons. The van der Waals surface area contributed by atoms with Gasteiger partial charge in [-0.3, -0.25) is 10.3 Å². The smallest absolute Gasteiger partial charge is 0.409 e.